The van der Waals surface area contributed by atoms with Crippen molar-refractivity contribution in [3.63, 3.8) is 0 Å². The number of hydrogen-bond acceptors (Lipinski definition) is 2. The third-order valence-corrected chi connectivity index (χ3v) is 3.14. The fourth-order valence-corrected chi connectivity index (χ4v) is 2.05. The Morgan fingerprint density at radius 2 is 1.94 bits per heavy atom. The largest absolute Gasteiger partial charge is 0.379 e. The number of H-pyrrole nitrogens is 1. The molecule has 0 fully saturated rings. The van der Waals surface area contributed by atoms with Crippen LogP contribution in [0.25, 0.3) is 10.8 Å². The third-order valence-electron chi connectivity index (χ3n) is 3.14. The highest BCUT2D eigenvalue weighted by Crippen LogP contribution is 2.19. The summed E-state index contributed by atoms with van der Waals surface area (Å²) in [5, 5.41) is 5.91. The van der Waals surface area contributed by atoms with E-state index in [4.69, 9.17) is 0 Å². The molecule has 0 aliphatic carbocycles. The fourth-order valence-electron chi connectivity index (χ4n) is 2.05. The van der Waals surface area contributed by atoms with Gasteiger partial charge >= 0.3 is 0 Å². The fraction of sp³-hybridized carbons (Fsp3) is 0.133. The molecular weight excluding hydrogens is 222 g/mol. The van der Waals surface area contributed by atoms with Gasteiger partial charge in [-0.2, -0.15) is 0 Å². The summed E-state index contributed by atoms with van der Waals surface area (Å²) in [5.41, 5.74) is 3.29. The van der Waals surface area contributed by atoms with E-state index in [0.29, 0.717) is 0 Å². The maximum absolute atomic E-state index is 4.28. The average Bonchev–Trinajstić information content (AvgIpc) is 2.82. The predicted molar refractivity (Wildman–Crippen MR) is 74.6 cm³/mol. The van der Waals surface area contributed by atoms with E-state index < -0.39 is 0 Å². The first kappa shape index (κ1) is 10.8. The van der Waals surface area contributed by atoms with Gasteiger partial charge in [0, 0.05) is 11.4 Å². The molecule has 0 atom stereocenters. The normalized spacial score (nSPS) is 10.7. The molecule has 0 bridgehead atoms. The summed E-state index contributed by atoms with van der Waals surface area (Å²) in [6, 6.07) is 14.8. The highest BCUT2D eigenvalue weighted by molar-refractivity contribution is 5.85. The molecule has 0 aliphatic heterocycles. The summed E-state index contributed by atoms with van der Waals surface area (Å²) in [7, 11) is 0. The Morgan fingerprint density at radius 1 is 1.11 bits per heavy atom. The zero-order chi connectivity index (χ0) is 12.4. The third kappa shape index (κ3) is 2.07. The van der Waals surface area contributed by atoms with E-state index in [0.717, 1.165) is 23.6 Å². The molecule has 0 unspecified atom stereocenters. The number of aromatic amines is 1. The van der Waals surface area contributed by atoms with Gasteiger partial charge < -0.3 is 10.3 Å². The first-order valence-corrected chi connectivity index (χ1v) is 6.04. The molecule has 90 valence electrons. The Labute approximate surface area is 106 Å². The van der Waals surface area contributed by atoms with Gasteiger partial charge in [0.15, 0.2) is 0 Å². The average molecular weight is 237 g/mol. The topological polar surface area (TPSA) is 40.7 Å². The van der Waals surface area contributed by atoms with Crippen molar-refractivity contribution < 1.29 is 0 Å². The highest BCUT2D eigenvalue weighted by atomic mass is 14.9. The van der Waals surface area contributed by atoms with Crippen LogP contribution < -0.4 is 5.32 Å². The van der Waals surface area contributed by atoms with Crippen molar-refractivity contribution in [2.45, 2.75) is 13.5 Å². The second kappa shape index (κ2) is 4.53. The Kier molecular flexibility index (Phi) is 2.73. The molecule has 2 N–H and O–H groups in total. The quantitative estimate of drug-likeness (QED) is 0.732. The van der Waals surface area contributed by atoms with E-state index in [2.05, 4.69) is 57.7 Å². The van der Waals surface area contributed by atoms with Crippen LogP contribution in [0.3, 0.4) is 0 Å². The van der Waals surface area contributed by atoms with Crippen LogP contribution >= 0.6 is 0 Å². The number of rotatable bonds is 3. The lowest BCUT2D eigenvalue weighted by Crippen LogP contribution is -2.01. The number of aromatic nitrogens is 2. The van der Waals surface area contributed by atoms with Gasteiger partial charge in [-0.05, 0) is 29.8 Å². The summed E-state index contributed by atoms with van der Waals surface area (Å²) >= 11 is 0. The SMILES string of the molecule is Cc1[nH]cnc1CNc1ccc2ccccc2c1. The number of aryl methyl sites for hydroxylation is 1. The highest BCUT2D eigenvalue weighted by Gasteiger charge is 2.01. The molecule has 0 saturated carbocycles. The molecule has 2 aromatic carbocycles. The summed E-state index contributed by atoms with van der Waals surface area (Å²) in [5.74, 6) is 0. The van der Waals surface area contributed by atoms with Gasteiger partial charge in [-0.3, -0.25) is 0 Å². The molecule has 0 radical (unpaired) electrons. The van der Waals surface area contributed by atoms with E-state index in [1.807, 2.05) is 6.92 Å². The molecule has 18 heavy (non-hydrogen) atoms. The lowest BCUT2D eigenvalue weighted by molar-refractivity contribution is 1.05. The van der Waals surface area contributed by atoms with E-state index in [1.165, 1.54) is 10.8 Å². The molecule has 3 rings (SSSR count). The van der Waals surface area contributed by atoms with E-state index in [9.17, 15) is 0 Å². The minimum Gasteiger partial charge on any atom is -0.379 e. The zero-order valence-electron chi connectivity index (χ0n) is 10.3. The summed E-state index contributed by atoms with van der Waals surface area (Å²) in [6.07, 6.45) is 1.73. The number of imidazole rings is 1. The number of benzene rings is 2. The molecule has 0 spiro atoms. The van der Waals surface area contributed by atoms with E-state index >= 15 is 0 Å². The summed E-state index contributed by atoms with van der Waals surface area (Å²) in [6.45, 7) is 2.78. The Balaban J connectivity index is 1.81. The summed E-state index contributed by atoms with van der Waals surface area (Å²) < 4.78 is 0. The van der Waals surface area contributed by atoms with Gasteiger partial charge in [0.25, 0.3) is 0 Å². The first-order chi connectivity index (χ1) is 8.83. The minimum absolute atomic E-state index is 0.744. The van der Waals surface area contributed by atoms with Gasteiger partial charge in [0.2, 0.25) is 0 Å². The lowest BCUT2D eigenvalue weighted by Gasteiger charge is -2.06. The molecule has 0 saturated heterocycles. The van der Waals surface area contributed by atoms with Crippen LogP contribution in [0.2, 0.25) is 0 Å². The molecule has 3 nitrogen and oxygen atoms in total. The smallest absolute Gasteiger partial charge is 0.0925 e. The van der Waals surface area contributed by atoms with Gasteiger partial charge in [-0.15, -0.1) is 0 Å². The number of nitrogens with zero attached hydrogens (tertiary/aromatic N) is 1. The molecule has 1 heterocycles. The van der Waals surface area contributed by atoms with Crippen molar-refractivity contribution in [2.24, 2.45) is 0 Å². The van der Waals surface area contributed by atoms with E-state index in [1.54, 1.807) is 6.33 Å². The Hall–Kier alpha value is -2.29. The number of fused-ring (bicyclic) bond motifs is 1. The molecule has 0 aliphatic rings. The van der Waals surface area contributed by atoms with Crippen LogP contribution in [-0.2, 0) is 6.54 Å². The van der Waals surface area contributed by atoms with E-state index in [-0.39, 0.29) is 0 Å². The molecule has 3 heteroatoms. The molecule has 1 aromatic heterocycles. The maximum Gasteiger partial charge on any atom is 0.0925 e. The van der Waals surface area contributed by atoms with Crippen molar-refractivity contribution in [3.05, 3.63) is 60.2 Å². The number of anilines is 1. The lowest BCUT2D eigenvalue weighted by atomic mass is 10.1. The number of hydrogen-bond donors (Lipinski definition) is 2. The second-order valence-corrected chi connectivity index (χ2v) is 4.39. The molecular formula is C15H15N3. The van der Waals surface area contributed by atoms with Gasteiger partial charge in [0.1, 0.15) is 0 Å². The monoisotopic (exact) mass is 237 g/mol. The van der Waals surface area contributed by atoms with Crippen molar-refractivity contribution in [2.75, 3.05) is 5.32 Å². The Bertz CT molecular complexity index is 670. The van der Waals surface area contributed by atoms with Crippen LogP contribution in [0.4, 0.5) is 5.69 Å². The van der Waals surface area contributed by atoms with Gasteiger partial charge in [-0.1, -0.05) is 30.3 Å². The van der Waals surface area contributed by atoms with Crippen LogP contribution in [0.5, 0.6) is 0 Å². The zero-order valence-corrected chi connectivity index (χ0v) is 10.3. The van der Waals surface area contributed by atoms with Crippen LogP contribution in [0, 0.1) is 6.92 Å². The van der Waals surface area contributed by atoms with Crippen molar-refractivity contribution in [3.8, 4) is 0 Å². The van der Waals surface area contributed by atoms with Crippen molar-refractivity contribution in [1.82, 2.24) is 9.97 Å². The van der Waals surface area contributed by atoms with Crippen LogP contribution in [-0.4, -0.2) is 9.97 Å². The summed E-state index contributed by atoms with van der Waals surface area (Å²) in [4.78, 5) is 7.36. The van der Waals surface area contributed by atoms with Crippen molar-refractivity contribution in [1.29, 1.82) is 0 Å². The Morgan fingerprint density at radius 3 is 2.72 bits per heavy atom. The minimum atomic E-state index is 0.744. The van der Waals surface area contributed by atoms with Gasteiger partial charge in [0.05, 0.1) is 18.6 Å². The predicted octanol–water partition coefficient (Wildman–Crippen LogP) is 3.48. The second-order valence-electron chi connectivity index (χ2n) is 4.39. The first-order valence-electron chi connectivity index (χ1n) is 6.04. The number of nitrogens with one attached hydrogen (secondary N) is 2. The maximum atomic E-state index is 4.28. The molecule has 0 amide bonds. The van der Waals surface area contributed by atoms with Gasteiger partial charge in [-0.25, -0.2) is 4.98 Å². The van der Waals surface area contributed by atoms with Crippen LogP contribution in [0.15, 0.2) is 48.8 Å². The molecule has 3 aromatic rings. The standard InChI is InChI=1S/C15H15N3/c1-11-15(18-10-17-11)9-16-14-7-6-12-4-2-3-5-13(12)8-14/h2-8,10,16H,9H2,1H3,(H,17,18). The van der Waals surface area contributed by atoms with Crippen LogP contribution in [0.1, 0.15) is 11.4 Å². The van der Waals surface area contributed by atoms with Crippen molar-refractivity contribution >= 4 is 16.5 Å².